The van der Waals surface area contributed by atoms with Gasteiger partial charge in [0.25, 0.3) is 0 Å². The van der Waals surface area contributed by atoms with Gasteiger partial charge in [0.1, 0.15) is 11.5 Å². The SMILES string of the molecule is CCN(CC)c1ccc(CNCc2ccco2)c(O)c1. The number of benzene rings is 1. The fraction of sp³-hybridized carbons (Fsp3) is 0.375. The Bertz CT molecular complexity index is 519. The van der Waals surface area contributed by atoms with Crippen LogP contribution in [0.25, 0.3) is 0 Å². The molecule has 0 aliphatic heterocycles. The molecule has 4 nitrogen and oxygen atoms in total. The van der Waals surface area contributed by atoms with Gasteiger partial charge in [-0.1, -0.05) is 6.07 Å². The first kappa shape index (κ1) is 14.5. The van der Waals surface area contributed by atoms with E-state index in [1.54, 1.807) is 6.26 Å². The number of anilines is 1. The molecule has 2 rings (SSSR count). The molecule has 108 valence electrons. The Morgan fingerprint density at radius 1 is 1.15 bits per heavy atom. The van der Waals surface area contributed by atoms with E-state index in [-0.39, 0.29) is 0 Å². The van der Waals surface area contributed by atoms with Gasteiger partial charge in [0.2, 0.25) is 0 Å². The Morgan fingerprint density at radius 3 is 2.55 bits per heavy atom. The summed E-state index contributed by atoms with van der Waals surface area (Å²) >= 11 is 0. The molecule has 4 heteroatoms. The molecule has 2 N–H and O–H groups in total. The van der Waals surface area contributed by atoms with Crippen molar-refractivity contribution >= 4 is 5.69 Å². The summed E-state index contributed by atoms with van der Waals surface area (Å²) in [7, 11) is 0. The maximum atomic E-state index is 10.1. The minimum Gasteiger partial charge on any atom is -0.508 e. The van der Waals surface area contributed by atoms with Gasteiger partial charge in [-0.05, 0) is 32.0 Å². The number of rotatable bonds is 7. The van der Waals surface area contributed by atoms with E-state index in [4.69, 9.17) is 4.42 Å². The van der Waals surface area contributed by atoms with Crippen molar-refractivity contribution in [3.8, 4) is 5.75 Å². The van der Waals surface area contributed by atoms with Crippen LogP contribution < -0.4 is 10.2 Å². The molecule has 1 aromatic carbocycles. The molecule has 1 aromatic heterocycles. The zero-order valence-electron chi connectivity index (χ0n) is 12.1. The van der Waals surface area contributed by atoms with E-state index in [0.29, 0.717) is 18.8 Å². The zero-order valence-corrected chi connectivity index (χ0v) is 12.1. The predicted octanol–water partition coefficient (Wildman–Crippen LogP) is 3.12. The molecule has 0 unspecified atom stereocenters. The van der Waals surface area contributed by atoms with Crippen molar-refractivity contribution in [3.05, 3.63) is 47.9 Å². The molecule has 20 heavy (non-hydrogen) atoms. The van der Waals surface area contributed by atoms with Crippen molar-refractivity contribution in [1.29, 1.82) is 0 Å². The van der Waals surface area contributed by atoms with Gasteiger partial charge in [-0.3, -0.25) is 0 Å². The summed E-state index contributed by atoms with van der Waals surface area (Å²) in [5.41, 5.74) is 1.95. The number of hydrogen-bond donors (Lipinski definition) is 2. The van der Waals surface area contributed by atoms with Crippen LogP contribution in [0.3, 0.4) is 0 Å². The molecule has 0 fully saturated rings. The Balaban J connectivity index is 1.95. The monoisotopic (exact) mass is 274 g/mol. The third kappa shape index (κ3) is 3.54. The number of nitrogens with zero attached hydrogens (tertiary/aromatic N) is 1. The smallest absolute Gasteiger partial charge is 0.122 e. The summed E-state index contributed by atoms with van der Waals surface area (Å²) in [6.45, 7) is 7.37. The normalized spacial score (nSPS) is 10.7. The fourth-order valence-electron chi connectivity index (χ4n) is 2.22. The number of furan rings is 1. The standard InChI is InChI=1S/C16H22N2O2/c1-3-18(4-2)14-8-7-13(16(19)10-14)11-17-12-15-6-5-9-20-15/h5-10,17,19H,3-4,11-12H2,1-2H3. The highest BCUT2D eigenvalue weighted by Crippen LogP contribution is 2.24. The Kier molecular flexibility index (Phi) is 5.07. The number of nitrogens with one attached hydrogen (secondary N) is 1. The van der Waals surface area contributed by atoms with Crippen LogP contribution in [-0.4, -0.2) is 18.2 Å². The van der Waals surface area contributed by atoms with Crippen LogP contribution in [0, 0.1) is 0 Å². The molecular weight excluding hydrogens is 252 g/mol. The van der Waals surface area contributed by atoms with E-state index >= 15 is 0 Å². The van der Waals surface area contributed by atoms with Gasteiger partial charge in [0, 0.05) is 37.0 Å². The van der Waals surface area contributed by atoms with Crippen LogP contribution in [0.15, 0.2) is 41.0 Å². The molecule has 0 saturated carbocycles. The summed E-state index contributed by atoms with van der Waals surface area (Å²) in [5, 5.41) is 13.4. The minimum atomic E-state index is 0.335. The Morgan fingerprint density at radius 2 is 1.95 bits per heavy atom. The maximum Gasteiger partial charge on any atom is 0.122 e. The summed E-state index contributed by atoms with van der Waals surface area (Å²) in [5.74, 6) is 1.23. The summed E-state index contributed by atoms with van der Waals surface area (Å²) in [6, 6.07) is 9.65. The van der Waals surface area contributed by atoms with Crippen LogP contribution in [0.5, 0.6) is 5.75 Å². The maximum absolute atomic E-state index is 10.1. The van der Waals surface area contributed by atoms with Crippen LogP contribution in [-0.2, 0) is 13.1 Å². The first-order chi connectivity index (χ1) is 9.74. The molecule has 0 aliphatic rings. The van der Waals surface area contributed by atoms with Gasteiger partial charge in [-0.25, -0.2) is 0 Å². The van der Waals surface area contributed by atoms with Gasteiger partial charge in [-0.2, -0.15) is 0 Å². The highest BCUT2D eigenvalue weighted by molar-refractivity contribution is 5.53. The van der Waals surface area contributed by atoms with E-state index in [1.807, 2.05) is 24.3 Å². The highest BCUT2D eigenvalue weighted by Gasteiger charge is 2.06. The average molecular weight is 274 g/mol. The van der Waals surface area contributed by atoms with Crippen LogP contribution >= 0.6 is 0 Å². The summed E-state index contributed by atoms with van der Waals surface area (Å²) in [4.78, 5) is 2.21. The van der Waals surface area contributed by atoms with E-state index < -0.39 is 0 Å². The largest absolute Gasteiger partial charge is 0.508 e. The van der Waals surface area contributed by atoms with Gasteiger partial charge in [0.15, 0.2) is 0 Å². The molecule has 0 bridgehead atoms. The van der Waals surface area contributed by atoms with Gasteiger partial charge >= 0.3 is 0 Å². The fourth-order valence-corrected chi connectivity index (χ4v) is 2.22. The van der Waals surface area contributed by atoms with Crippen molar-refractivity contribution < 1.29 is 9.52 Å². The topological polar surface area (TPSA) is 48.6 Å². The lowest BCUT2D eigenvalue weighted by molar-refractivity contribution is 0.456. The molecule has 0 atom stereocenters. The van der Waals surface area contributed by atoms with Gasteiger partial charge in [-0.15, -0.1) is 0 Å². The van der Waals surface area contributed by atoms with Crippen molar-refractivity contribution in [3.63, 3.8) is 0 Å². The molecule has 2 aromatic rings. The highest BCUT2D eigenvalue weighted by atomic mass is 16.3. The molecule has 0 radical (unpaired) electrons. The minimum absolute atomic E-state index is 0.335. The van der Waals surface area contributed by atoms with E-state index in [0.717, 1.165) is 30.1 Å². The van der Waals surface area contributed by atoms with Gasteiger partial charge < -0.3 is 19.7 Å². The second-order valence-electron chi connectivity index (χ2n) is 4.67. The molecule has 0 saturated heterocycles. The molecule has 0 spiro atoms. The molecule has 1 heterocycles. The van der Waals surface area contributed by atoms with Gasteiger partial charge in [0.05, 0.1) is 12.8 Å². The zero-order chi connectivity index (χ0) is 14.4. The number of phenols is 1. The average Bonchev–Trinajstić information content (AvgIpc) is 2.96. The van der Waals surface area contributed by atoms with Crippen molar-refractivity contribution in [2.75, 3.05) is 18.0 Å². The summed E-state index contributed by atoms with van der Waals surface area (Å²) in [6.07, 6.45) is 1.66. The lowest BCUT2D eigenvalue weighted by atomic mass is 10.1. The van der Waals surface area contributed by atoms with E-state index in [9.17, 15) is 5.11 Å². The predicted molar refractivity (Wildman–Crippen MR) is 80.9 cm³/mol. The third-order valence-electron chi connectivity index (χ3n) is 3.39. The van der Waals surface area contributed by atoms with Crippen molar-refractivity contribution in [2.45, 2.75) is 26.9 Å². The first-order valence-electron chi connectivity index (χ1n) is 7.04. The molecule has 0 aliphatic carbocycles. The Hall–Kier alpha value is -1.94. The van der Waals surface area contributed by atoms with Crippen LogP contribution in [0.1, 0.15) is 25.2 Å². The number of aromatic hydroxyl groups is 1. The lowest BCUT2D eigenvalue weighted by Gasteiger charge is -2.21. The van der Waals surface area contributed by atoms with E-state index in [2.05, 4.69) is 30.1 Å². The first-order valence-corrected chi connectivity index (χ1v) is 7.04. The second kappa shape index (κ2) is 7.01. The van der Waals surface area contributed by atoms with Crippen LogP contribution in [0.4, 0.5) is 5.69 Å². The Labute approximate surface area is 120 Å². The lowest BCUT2D eigenvalue weighted by Crippen LogP contribution is -2.21. The second-order valence-corrected chi connectivity index (χ2v) is 4.67. The quantitative estimate of drug-likeness (QED) is 0.814. The van der Waals surface area contributed by atoms with E-state index in [1.165, 1.54) is 0 Å². The van der Waals surface area contributed by atoms with Crippen molar-refractivity contribution in [1.82, 2.24) is 5.32 Å². The third-order valence-corrected chi connectivity index (χ3v) is 3.39. The van der Waals surface area contributed by atoms with Crippen molar-refractivity contribution in [2.24, 2.45) is 0 Å². The summed E-state index contributed by atoms with van der Waals surface area (Å²) < 4.78 is 5.25. The molecule has 0 amide bonds. The molecular formula is C16H22N2O2. The van der Waals surface area contributed by atoms with Crippen LogP contribution in [0.2, 0.25) is 0 Å². The number of hydrogen-bond acceptors (Lipinski definition) is 4. The number of phenolic OH excluding ortho intramolecular Hbond substituents is 1.